The molecule has 0 spiro atoms. The number of ketones is 1. The second kappa shape index (κ2) is 5.49. The number of pyridine rings is 1. The van der Waals surface area contributed by atoms with Crippen LogP contribution in [0, 0.1) is 5.92 Å². The number of piperidine rings is 1. The molecule has 1 saturated heterocycles. The summed E-state index contributed by atoms with van der Waals surface area (Å²) in [7, 11) is 0. The van der Waals surface area contributed by atoms with Gasteiger partial charge in [0.15, 0.2) is 5.78 Å². The zero-order valence-electron chi connectivity index (χ0n) is 10.9. The van der Waals surface area contributed by atoms with Gasteiger partial charge in [-0.1, -0.05) is 6.07 Å². The molecule has 2 aromatic rings. The number of nitrogens with zero attached hydrogens (tertiary/aromatic N) is 1. The third kappa shape index (κ3) is 2.82. The molecule has 3 rings (SSSR count). The van der Waals surface area contributed by atoms with Crippen molar-refractivity contribution in [2.45, 2.75) is 19.3 Å². The first kappa shape index (κ1) is 12.3. The Bertz CT molecular complexity index is 588. The summed E-state index contributed by atoms with van der Waals surface area (Å²) in [5.74, 6) is 0.741. The van der Waals surface area contributed by atoms with Crippen LogP contribution in [0.5, 0.6) is 0 Å². The van der Waals surface area contributed by atoms with Gasteiger partial charge >= 0.3 is 0 Å². The van der Waals surface area contributed by atoms with Gasteiger partial charge in [0.2, 0.25) is 0 Å². The molecule has 98 valence electrons. The maximum Gasteiger partial charge on any atom is 0.163 e. The highest BCUT2D eigenvalue weighted by atomic mass is 16.1. The Morgan fingerprint density at radius 2 is 2.32 bits per heavy atom. The van der Waals surface area contributed by atoms with E-state index in [0.29, 0.717) is 12.3 Å². The molecular weight excluding hydrogens is 236 g/mol. The monoisotopic (exact) mass is 254 g/mol. The van der Waals surface area contributed by atoms with Crippen LogP contribution in [0.15, 0.2) is 36.5 Å². The molecule has 1 aromatic heterocycles. The van der Waals surface area contributed by atoms with Crippen LogP contribution < -0.4 is 5.32 Å². The molecule has 0 saturated carbocycles. The van der Waals surface area contributed by atoms with Crippen LogP contribution in [0.25, 0.3) is 10.9 Å². The predicted octanol–water partition coefficient (Wildman–Crippen LogP) is 2.81. The zero-order valence-corrected chi connectivity index (χ0v) is 10.9. The first-order valence-electron chi connectivity index (χ1n) is 6.91. The van der Waals surface area contributed by atoms with Crippen LogP contribution in [0.2, 0.25) is 0 Å². The Morgan fingerprint density at radius 1 is 1.37 bits per heavy atom. The molecular formula is C16H18N2O. The van der Waals surface area contributed by atoms with Gasteiger partial charge in [-0.15, -0.1) is 0 Å². The number of rotatable bonds is 3. The lowest BCUT2D eigenvalue weighted by Crippen LogP contribution is -2.31. The minimum absolute atomic E-state index is 0.249. The maximum absolute atomic E-state index is 12.3. The molecule has 0 radical (unpaired) electrons. The van der Waals surface area contributed by atoms with E-state index in [0.717, 1.165) is 36.0 Å². The van der Waals surface area contributed by atoms with Gasteiger partial charge < -0.3 is 5.32 Å². The maximum atomic E-state index is 12.3. The molecule has 1 aliphatic rings. The smallest absolute Gasteiger partial charge is 0.163 e. The minimum Gasteiger partial charge on any atom is -0.316 e. The average molecular weight is 254 g/mol. The summed E-state index contributed by atoms with van der Waals surface area (Å²) >= 11 is 0. The first-order valence-corrected chi connectivity index (χ1v) is 6.91. The second-order valence-corrected chi connectivity index (χ2v) is 5.25. The predicted molar refractivity (Wildman–Crippen MR) is 76.3 cm³/mol. The first-order chi connectivity index (χ1) is 9.33. The van der Waals surface area contributed by atoms with Gasteiger partial charge in [0, 0.05) is 23.6 Å². The van der Waals surface area contributed by atoms with Crippen LogP contribution in [-0.4, -0.2) is 23.9 Å². The minimum atomic E-state index is 0.249. The van der Waals surface area contributed by atoms with Crippen molar-refractivity contribution in [1.82, 2.24) is 10.3 Å². The van der Waals surface area contributed by atoms with E-state index in [1.54, 1.807) is 6.20 Å². The Labute approximate surface area is 113 Å². The van der Waals surface area contributed by atoms with Crippen LogP contribution in [-0.2, 0) is 0 Å². The Morgan fingerprint density at radius 3 is 3.16 bits per heavy atom. The van der Waals surface area contributed by atoms with E-state index in [-0.39, 0.29) is 5.78 Å². The third-order valence-electron chi connectivity index (χ3n) is 3.80. The molecule has 1 N–H and O–H groups in total. The number of nitrogens with one attached hydrogen (secondary N) is 1. The lowest BCUT2D eigenvalue weighted by molar-refractivity contribution is 0.0954. The summed E-state index contributed by atoms with van der Waals surface area (Å²) in [4.78, 5) is 16.6. The van der Waals surface area contributed by atoms with Crippen molar-refractivity contribution in [3.63, 3.8) is 0 Å². The highest BCUT2D eigenvalue weighted by molar-refractivity contribution is 5.99. The highest BCUT2D eigenvalue weighted by Gasteiger charge is 2.17. The van der Waals surface area contributed by atoms with Crippen LogP contribution in [0.3, 0.4) is 0 Å². The molecule has 0 bridgehead atoms. The number of fused-ring (bicyclic) bond motifs is 1. The van der Waals surface area contributed by atoms with Gasteiger partial charge in [-0.05, 0) is 56.1 Å². The fraction of sp³-hybridized carbons (Fsp3) is 0.375. The summed E-state index contributed by atoms with van der Waals surface area (Å²) < 4.78 is 0. The Hall–Kier alpha value is -1.74. The van der Waals surface area contributed by atoms with E-state index in [2.05, 4.69) is 10.3 Å². The Balaban J connectivity index is 1.77. The fourth-order valence-corrected chi connectivity index (χ4v) is 2.73. The normalized spacial score (nSPS) is 19.5. The fourth-order valence-electron chi connectivity index (χ4n) is 2.73. The summed E-state index contributed by atoms with van der Waals surface area (Å²) in [6.07, 6.45) is 4.77. The molecule has 1 aromatic carbocycles. The number of hydrogen-bond donors (Lipinski definition) is 1. The topological polar surface area (TPSA) is 42.0 Å². The van der Waals surface area contributed by atoms with Crippen molar-refractivity contribution in [3.05, 3.63) is 42.1 Å². The van der Waals surface area contributed by atoms with E-state index in [1.165, 1.54) is 6.42 Å². The number of hydrogen-bond acceptors (Lipinski definition) is 3. The number of benzene rings is 1. The molecule has 1 aliphatic heterocycles. The van der Waals surface area contributed by atoms with Crippen molar-refractivity contribution >= 4 is 16.7 Å². The molecule has 1 unspecified atom stereocenters. The van der Waals surface area contributed by atoms with Crippen molar-refractivity contribution < 1.29 is 4.79 Å². The molecule has 1 atom stereocenters. The lowest BCUT2D eigenvalue weighted by Gasteiger charge is -2.21. The molecule has 0 aliphatic carbocycles. The molecule has 1 fully saturated rings. The number of carbonyl (C=O) groups excluding carboxylic acids is 1. The van der Waals surface area contributed by atoms with Crippen LogP contribution in [0.1, 0.15) is 29.6 Å². The summed E-state index contributed by atoms with van der Waals surface area (Å²) in [6.45, 7) is 2.06. The van der Waals surface area contributed by atoms with Gasteiger partial charge in [0.1, 0.15) is 0 Å². The summed E-state index contributed by atoms with van der Waals surface area (Å²) in [5, 5.41) is 4.40. The van der Waals surface area contributed by atoms with Crippen molar-refractivity contribution in [1.29, 1.82) is 0 Å². The summed E-state index contributed by atoms with van der Waals surface area (Å²) in [6, 6.07) is 9.69. The zero-order chi connectivity index (χ0) is 13.1. The highest BCUT2D eigenvalue weighted by Crippen LogP contribution is 2.19. The van der Waals surface area contributed by atoms with E-state index < -0.39 is 0 Å². The second-order valence-electron chi connectivity index (χ2n) is 5.25. The quantitative estimate of drug-likeness (QED) is 0.856. The molecule has 3 nitrogen and oxygen atoms in total. The van der Waals surface area contributed by atoms with E-state index in [1.807, 2.05) is 30.3 Å². The van der Waals surface area contributed by atoms with E-state index >= 15 is 0 Å². The Kier molecular flexibility index (Phi) is 3.56. The molecule has 19 heavy (non-hydrogen) atoms. The lowest BCUT2D eigenvalue weighted by atomic mass is 9.91. The van der Waals surface area contributed by atoms with E-state index in [4.69, 9.17) is 0 Å². The van der Waals surface area contributed by atoms with Crippen molar-refractivity contribution in [3.8, 4) is 0 Å². The third-order valence-corrected chi connectivity index (χ3v) is 3.80. The van der Waals surface area contributed by atoms with Gasteiger partial charge in [0.05, 0.1) is 5.52 Å². The van der Waals surface area contributed by atoms with Gasteiger partial charge in [-0.25, -0.2) is 0 Å². The average Bonchev–Trinajstić information content (AvgIpc) is 2.48. The largest absolute Gasteiger partial charge is 0.316 e. The molecule has 3 heteroatoms. The van der Waals surface area contributed by atoms with Crippen LogP contribution in [0.4, 0.5) is 0 Å². The molecule has 2 heterocycles. The molecule has 0 amide bonds. The summed E-state index contributed by atoms with van der Waals surface area (Å²) in [5.41, 5.74) is 1.75. The SMILES string of the molecule is O=C(CC1CCCNC1)c1ccc2ncccc2c1. The standard InChI is InChI=1S/C16H18N2O/c19-16(9-12-3-1-7-17-11-12)14-5-6-15-13(10-14)4-2-8-18-15/h2,4-6,8,10,12,17H,1,3,7,9,11H2. The van der Waals surface area contributed by atoms with Crippen molar-refractivity contribution in [2.75, 3.05) is 13.1 Å². The van der Waals surface area contributed by atoms with E-state index in [9.17, 15) is 4.79 Å². The van der Waals surface area contributed by atoms with Gasteiger partial charge in [-0.3, -0.25) is 9.78 Å². The van der Waals surface area contributed by atoms with Gasteiger partial charge in [0.25, 0.3) is 0 Å². The number of Topliss-reactive ketones (excluding diaryl/α,β-unsaturated/α-hetero) is 1. The number of carbonyl (C=O) groups is 1. The van der Waals surface area contributed by atoms with Crippen LogP contribution >= 0.6 is 0 Å². The van der Waals surface area contributed by atoms with Crippen molar-refractivity contribution in [2.24, 2.45) is 5.92 Å². The van der Waals surface area contributed by atoms with Gasteiger partial charge in [-0.2, -0.15) is 0 Å². The number of aromatic nitrogens is 1.